The SMILES string of the molecule is O=C(/C=C/c1ccccc1)N1CC=C(c2c[nH]c3ccccc23)CC1. The zero-order chi connectivity index (χ0) is 17.1. The van der Waals surface area contributed by atoms with E-state index < -0.39 is 0 Å². The Morgan fingerprint density at radius 2 is 1.84 bits per heavy atom. The first-order valence-corrected chi connectivity index (χ1v) is 8.59. The second-order valence-corrected chi connectivity index (χ2v) is 6.26. The molecule has 124 valence electrons. The number of aromatic amines is 1. The summed E-state index contributed by atoms with van der Waals surface area (Å²) in [6.07, 6.45) is 8.67. The lowest BCUT2D eigenvalue weighted by molar-refractivity contribution is -0.125. The van der Waals surface area contributed by atoms with E-state index in [1.165, 1.54) is 16.5 Å². The van der Waals surface area contributed by atoms with Crippen LogP contribution in [0.3, 0.4) is 0 Å². The van der Waals surface area contributed by atoms with Gasteiger partial charge in [-0.15, -0.1) is 0 Å². The van der Waals surface area contributed by atoms with Gasteiger partial charge in [-0.1, -0.05) is 54.6 Å². The molecular weight excluding hydrogens is 308 g/mol. The van der Waals surface area contributed by atoms with Crippen LogP contribution in [0.15, 0.2) is 72.9 Å². The van der Waals surface area contributed by atoms with Gasteiger partial charge in [-0.2, -0.15) is 0 Å². The molecule has 2 heterocycles. The van der Waals surface area contributed by atoms with Crippen LogP contribution in [-0.2, 0) is 4.79 Å². The largest absolute Gasteiger partial charge is 0.361 e. The van der Waals surface area contributed by atoms with Crippen molar-refractivity contribution < 1.29 is 4.79 Å². The van der Waals surface area contributed by atoms with Gasteiger partial charge in [-0.05, 0) is 29.7 Å². The monoisotopic (exact) mass is 328 g/mol. The molecule has 0 fully saturated rings. The highest BCUT2D eigenvalue weighted by molar-refractivity contribution is 5.95. The predicted molar refractivity (Wildman–Crippen MR) is 103 cm³/mol. The van der Waals surface area contributed by atoms with Crippen LogP contribution < -0.4 is 0 Å². The van der Waals surface area contributed by atoms with Crippen LogP contribution >= 0.6 is 0 Å². The number of carbonyl (C=O) groups excluding carboxylic acids is 1. The fourth-order valence-corrected chi connectivity index (χ4v) is 3.29. The molecule has 4 rings (SSSR count). The van der Waals surface area contributed by atoms with Crippen LogP contribution in [-0.4, -0.2) is 28.9 Å². The number of hydrogen-bond acceptors (Lipinski definition) is 1. The summed E-state index contributed by atoms with van der Waals surface area (Å²) >= 11 is 0. The standard InChI is InChI=1S/C22H20N2O/c25-22(11-10-17-6-2-1-3-7-17)24-14-12-18(13-15-24)20-16-23-21-9-5-4-8-19(20)21/h1-12,16,23H,13-15H2/b11-10+. The van der Waals surface area contributed by atoms with Crippen molar-refractivity contribution in [2.45, 2.75) is 6.42 Å². The van der Waals surface area contributed by atoms with Gasteiger partial charge in [0.05, 0.1) is 0 Å². The third-order valence-electron chi connectivity index (χ3n) is 4.67. The number of amides is 1. The molecule has 1 aliphatic rings. The molecule has 1 aromatic heterocycles. The highest BCUT2D eigenvalue weighted by atomic mass is 16.2. The van der Waals surface area contributed by atoms with Crippen molar-refractivity contribution in [2.24, 2.45) is 0 Å². The van der Waals surface area contributed by atoms with Crippen LogP contribution in [0.4, 0.5) is 0 Å². The van der Waals surface area contributed by atoms with Crippen molar-refractivity contribution in [3.63, 3.8) is 0 Å². The zero-order valence-electron chi connectivity index (χ0n) is 14.0. The van der Waals surface area contributed by atoms with E-state index in [1.807, 2.05) is 47.4 Å². The number of aromatic nitrogens is 1. The Labute approximate surface area is 147 Å². The fourth-order valence-electron chi connectivity index (χ4n) is 3.29. The topological polar surface area (TPSA) is 36.1 Å². The van der Waals surface area contributed by atoms with Crippen LogP contribution in [0.2, 0.25) is 0 Å². The van der Waals surface area contributed by atoms with E-state index in [-0.39, 0.29) is 5.91 Å². The fraction of sp³-hybridized carbons (Fsp3) is 0.136. The lowest BCUT2D eigenvalue weighted by Gasteiger charge is -2.25. The normalized spacial score (nSPS) is 14.9. The summed E-state index contributed by atoms with van der Waals surface area (Å²) in [5.41, 5.74) is 4.77. The van der Waals surface area contributed by atoms with Gasteiger partial charge in [-0.3, -0.25) is 4.79 Å². The van der Waals surface area contributed by atoms with Crippen molar-refractivity contribution in [2.75, 3.05) is 13.1 Å². The number of H-pyrrole nitrogens is 1. The van der Waals surface area contributed by atoms with Crippen LogP contribution in [0.25, 0.3) is 22.6 Å². The molecule has 3 nitrogen and oxygen atoms in total. The first-order valence-electron chi connectivity index (χ1n) is 8.59. The van der Waals surface area contributed by atoms with Crippen molar-refractivity contribution in [1.82, 2.24) is 9.88 Å². The molecule has 0 spiro atoms. The molecule has 0 unspecified atom stereocenters. The number of carbonyl (C=O) groups is 1. The highest BCUT2D eigenvalue weighted by Gasteiger charge is 2.17. The van der Waals surface area contributed by atoms with Gasteiger partial charge in [0.25, 0.3) is 0 Å². The van der Waals surface area contributed by atoms with Gasteiger partial charge in [0, 0.05) is 41.8 Å². The third-order valence-corrected chi connectivity index (χ3v) is 4.67. The number of hydrogen-bond donors (Lipinski definition) is 1. The van der Waals surface area contributed by atoms with E-state index in [4.69, 9.17) is 0 Å². The Kier molecular flexibility index (Phi) is 4.21. The molecule has 1 N–H and O–H groups in total. The summed E-state index contributed by atoms with van der Waals surface area (Å²) in [4.78, 5) is 17.6. The summed E-state index contributed by atoms with van der Waals surface area (Å²) in [6.45, 7) is 1.41. The average molecular weight is 328 g/mol. The molecule has 0 saturated heterocycles. The second kappa shape index (κ2) is 6.81. The molecular formula is C22H20N2O. The van der Waals surface area contributed by atoms with E-state index in [2.05, 4.69) is 35.5 Å². The molecule has 1 aliphatic heterocycles. The summed E-state index contributed by atoms with van der Waals surface area (Å²) < 4.78 is 0. The van der Waals surface area contributed by atoms with Gasteiger partial charge >= 0.3 is 0 Å². The Balaban J connectivity index is 1.47. The molecule has 0 atom stereocenters. The van der Waals surface area contributed by atoms with Crippen molar-refractivity contribution >= 4 is 28.5 Å². The molecule has 0 bridgehead atoms. The Morgan fingerprint density at radius 1 is 1.04 bits per heavy atom. The van der Waals surface area contributed by atoms with Crippen molar-refractivity contribution in [3.05, 3.63) is 84.1 Å². The van der Waals surface area contributed by atoms with E-state index >= 15 is 0 Å². The van der Waals surface area contributed by atoms with Crippen molar-refractivity contribution in [3.8, 4) is 0 Å². The van der Waals surface area contributed by atoms with Gasteiger partial charge in [0.1, 0.15) is 0 Å². The summed E-state index contributed by atoms with van der Waals surface area (Å²) in [5, 5.41) is 1.25. The second-order valence-electron chi connectivity index (χ2n) is 6.26. The Hall–Kier alpha value is -3.07. The molecule has 1 amide bonds. The number of benzene rings is 2. The van der Waals surface area contributed by atoms with E-state index in [1.54, 1.807) is 6.08 Å². The maximum atomic E-state index is 12.4. The molecule has 3 aromatic rings. The molecule has 0 saturated carbocycles. The summed E-state index contributed by atoms with van der Waals surface area (Å²) in [6, 6.07) is 18.2. The minimum atomic E-state index is 0.0677. The third kappa shape index (κ3) is 3.26. The maximum Gasteiger partial charge on any atom is 0.246 e. The minimum absolute atomic E-state index is 0.0677. The summed E-state index contributed by atoms with van der Waals surface area (Å²) in [7, 11) is 0. The van der Waals surface area contributed by atoms with E-state index in [0.717, 1.165) is 24.0 Å². The predicted octanol–water partition coefficient (Wildman–Crippen LogP) is 4.50. The number of fused-ring (bicyclic) bond motifs is 1. The van der Waals surface area contributed by atoms with Crippen LogP contribution in [0.5, 0.6) is 0 Å². The van der Waals surface area contributed by atoms with Crippen LogP contribution in [0, 0.1) is 0 Å². The highest BCUT2D eigenvalue weighted by Crippen LogP contribution is 2.29. The Bertz CT molecular complexity index is 950. The summed E-state index contributed by atoms with van der Waals surface area (Å²) in [5.74, 6) is 0.0677. The van der Waals surface area contributed by atoms with E-state index in [0.29, 0.717) is 6.54 Å². The quantitative estimate of drug-likeness (QED) is 0.706. The molecule has 3 heteroatoms. The van der Waals surface area contributed by atoms with Crippen LogP contribution in [0.1, 0.15) is 17.5 Å². The number of nitrogens with zero attached hydrogens (tertiary/aromatic N) is 1. The first kappa shape index (κ1) is 15.5. The average Bonchev–Trinajstić information content (AvgIpc) is 3.11. The number of para-hydroxylation sites is 1. The first-order chi connectivity index (χ1) is 12.3. The van der Waals surface area contributed by atoms with E-state index in [9.17, 15) is 4.79 Å². The lowest BCUT2D eigenvalue weighted by atomic mass is 9.99. The molecule has 2 aromatic carbocycles. The number of nitrogens with one attached hydrogen (secondary N) is 1. The Morgan fingerprint density at radius 3 is 2.64 bits per heavy atom. The maximum absolute atomic E-state index is 12.4. The molecule has 0 radical (unpaired) electrons. The molecule has 25 heavy (non-hydrogen) atoms. The van der Waals surface area contributed by atoms with Gasteiger partial charge < -0.3 is 9.88 Å². The lowest BCUT2D eigenvalue weighted by Crippen LogP contribution is -2.33. The van der Waals surface area contributed by atoms with Gasteiger partial charge in [-0.25, -0.2) is 0 Å². The zero-order valence-corrected chi connectivity index (χ0v) is 14.0. The van der Waals surface area contributed by atoms with Crippen molar-refractivity contribution in [1.29, 1.82) is 0 Å². The molecule has 0 aliphatic carbocycles. The minimum Gasteiger partial charge on any atom is -0.361 e. The number of rotatable bonds is 3. The smallest absolute Gasteiger partial charge is 0.246 e. The van der Waals surface area contributed by atoms with Gasteiger partial charge in [0.15, 0.2) is 0 Å². The van der Waals surface area contributed by atoms with Gasteiger partial charge in [0.2, 0.25) is 5.91 Å².